The van der Waals surface area contributed by atoms with Gasteiger partial charge in [0.25, 0.3) is 5.91 Å². The largest absolute Gasteiger partial charge is 0.384 e. The Hall–Kier alpha value is -1.49. The molecular formula is C12H15FN2O2. The maximum Gasteiger partial charge on any atom is 0.255 e. The third-order valence-electron chi connectivity index (χ3n) is 2.95. The second-order valence-electron chi connectivity index (χ2n) is 4.23. The Morgan fingerprint density at radius 1 is 1.65 bits per heavy atom. The van der Waals surface area contributed by atoms with Crippen LogP contribution in [0.1, 0.15) is 16.8 Å². The zero-order valence-corrected chi connectivity index (χ0v) is 9.73. The summed E-state index contributed by atoms with van der Waals surface area (Å²) in [5.41, 5.74) is 0.435. The van der Waals surface area contributed by atoms with Crippen LogP contribution in [-0.4, -0.2) is 42.6 Å². The molecule has 17 heavy (non-hydrogen) atoms. The average Bonchev–Trinajstić information content (AvgIpc) is 2.78. The minimum atomic E-state index is -0.569. The molecule has 0 aromatic carbocycles. The van der Waals surface area contributed by atoms with Crippen molar-refractivity contribution >= 4 is 5.91 Å². The summed E-state index contributed by atoms with van der Waals surface area (Å²) in [7, 11) is 1.66. The Bertz CT molecular complexity index is 394. The summed E-state index contributed by atoms with van der Waals surface area (Å²) in [4.78, 5) is 17.3. The molecule has 0 saturated carbocycles. The summed E-state index contributed by atoms with van der Waals surface area (Å²) in [6.07, 6.45) is 2.23. The third-order valence-corrected chi connectivity index (χ3v) is 2.95. The van der Waals surface area contributed by atoms with Gasteiger partial charge in [-0.25, -0.2) is 4.98 Å². The van der Waals surface area contributed by atoms with Crippen molar-refractivity contribution in [2.24, 2.45) is 5.92 Å². The standard InChI is InChI=1S/C12H15FN2O2/c1-17-8-9-4-5-15(7-9)12(16)10-2-3-11(13)14-6-10/h2-3,6,9H,4-5,7-8H2,1H3. The maximum atomic E-state index is 12.6. The molecule has 0 aliphatic carbocycles. The van der Waals surface area contributed by atoms with Gasteiger partial charge in [-0.15, -0.1) is 0 Å². The second kappa shape index (κ2) is 5.23. The smallest absolute Gasteiger partial charge is 0.255 e. The number of amides is 1. The predicted molar refractivity (Wildman–Crippen MR) is 60.1 cm³/mol. The zero-order chi connectivity index (χ0) is 12.3. The molecule has 1 aliphatic rings. The normalized spacial score (nSPS) is 19.6. The number of carbonyl (C=O) groups excluding carboxylic acids is 1. The van der Waals surface area contributed by atoms with Crippen LogP contribution in [-0.2, 0) is 4.74 Å². The number of methoxy groups -OCH3 is 1. The van der Waals surface area contributed by atoms with Crippen molar-refractivity contribution in [2.75, 3.05) is 26.8 Å². The summed E-state index contributed by atoms with van der Waals surface area (Å²) < 4.78 is 17.7. The Kier molecular flexibility index (Phi) is 3.68. The highest BCUT2D eigenvalue weighted by atomic mass is 19.1. The van der Waals surface area contributed by atoms with Gasteiger partial charge in [0.05, 0.1) is 12.2 Å². The van der Waals surface area contributed by atoms with E-state index in [1.807, 2.05) is 0 Å². The Morgan fingerprint density at radius 2 is 2.47 bits per heavy atom. The topological polar surface area (TPSA) is 42.4 Å². The van der Waals surface area contributed by atoms with Crippen LogP contribution in [0.15, 0.2) is 18.3 Å². The highest BCUT2D eigenvalue weighted by Gasteiger charge is 2.26. The monoisotopic (exact) mass is 238 g/mol. The fourth-order valence-corrected chi connectivity index (χ4v) is 2.07. The van der Waals surface area contributed by atoms with Crippen molar-refractivity contribution in [3.05, 3.63) is 29.8 Å². The van der Waals surface area contributed by atoms with E-state index >= 15 is 0 Å². The SMILES string of the molecule is COCC1CCN(C(=O)c2ccc(F)nc2)C1. The summed E-state index contributed by atoms with van der Waals surface area (Å²) in [5, 5.41) is 0. The first kappa shape index (κ1) is 12.0. The average molecular weight is 238 g/mol. The van der Waals surface area contributed by atoms with Crippen LogP contribution in [0.25, 0.3) is 0 Å². The van der Waals surface area contributed by atoms with Gasteiger partial charge in [0.15, 0.2) is 0 Å². The predicted octanol–water partition coefficient (Wildman–Crippen LogP) is 1.33. The molecule has 0 radical (unpaired) electrons. The molecule has 0 bridgehead atoms. The van der Waals surface area contributed by atoms with E-state index in [0.717, 1.165) is 13.0 Å². The molecule has 2 heterocycles. The van der Waals surface area contributed by atoms with Crippen LogP contribution < -0.4 is 0 Å². The van der Waals surface area contributed by atoms with Crippen molar-refractivity contribution in [3.8, 4) is 0 Å². The van der Waals surface area contributed by atoms with Gasteiger partial charge in [0.1, 0.15) is 0 Å². The van der Waals surface area contributed by atoms with Crippen molar-refractivity contribution in [1.29, 1.82) is 0 Å². The molecule has 1 aliphatic heterocycles. The molecule has 0 N–H and O–H groups in total. The molecule has 2 rings (SSSR count). The number of hydrogen-bond acceptors (Lipinski definition) is 3. The number of nitrogens with zero attached hydrogens (tertiary/aromatic N) is 2. The first-order valence-corrected chi connectivity index (χ1v) is 5.60. The van der Waals surface area contributed by atoms with Crippen molar-refractivity contribution in [3.63, 3.8) is 0 Å². The highest BCUT2D eigenvalue weighted by molar-refractivity contribution is 5.94. The fourth-order valence-electron chi connectivity index (χ4n) is 2.07. The molecular weight excluding hydrogens is 223 g/mol. The van der Waals surface area contributed by atoms with Crippen LogP contribution in [0.3, 0.4) is 0 Å². The van der Waals surface area contributed by atoms with E-state index in [0.29, 0.717) is 24.6 Å². The molecule has 4 nitrogen and oxygen atoms in total. The van der Waals surface area contributed by atoms with E-state index in [9.17, 15) is 9.18 Å². The van der Waals surface area contributed by atoms with Crippen LogP contribution in [0.4, 0.5) is 4.39 Å². The van der Waals surface area contributed by atoms with E-state index in [1.165, 1.54) is 18.3 Å². The molecule has 1 aromatic rings. The maximum absolute atomic E-state index is 12.6. The molecule has 1 atom stereocenters. The van der Waals surface area contributed by atoms with E-state index in [4.69, 9.17) is 4.74 Å². The van der Waals surface area contributed by atoms with E-state index in [2.05, 4.69) is 4.98 Å². The third kappa shape index (κ3) is 2.79. The first-order chi connectivity index (χ1) is 8.20. The first-order valence-electron chi connectivity index (χ1n) is 5.60. The molecule has 0 spiro atoms. The number of pyridine rings is 1. The Labute approximate surface area is 99.4 Å². The van der Waals surface area contributed by atoms with Gasteiger partial charge in [0, 0.05) is 32.3 Å². The lowest BCUT2D eigenvalue weighted by atomic mass is 10.1. The fraction of sp³-hybridized carbons (Fsp3) is 0.500. The Morgan fingerprint density at radius 3 is 3.12 bits per heavy atom. The van der Waals surface area contributed by atoms with Crippen molar-refractivity contribution in [2.45, 2.75) is 6.42 Å². The lowest BCUT2D eigenvalue weighted by Gasteiger charge is -2.16. The van der Waals surface area contributed by atoms with Crippen LogP contribution >= 0.6 is 0 Å². The second-order valence-corrected chi connectivity index (χ2v) is 4.23. The highest BCUT2D eigenvalue weighted by Crippen LogP contribution is 2.18. The summed E-state index contributed by atoms with van der Waals surface area (Å²) >= 11 is 0. The number of carbonyl (C=O) groups is 1. The zero-order valence-electron chi connectivity index (χ0n) is 9.73. The minimum absolute atomic E-state index is 0.0869. The molecule has 92 valence electrons. The van der Waals surface area contributed by atoms with Gasteiger partial charge in [-0.05, 0) is 18.6 Å². The van der Waals surface area contributed by atoms with Crippen molar-refractivity contribution < 1.29 is 13.9 Å². The lowest BCUT2D eigenvalue weighted by molar-refractivity contribution is 0.0775. The van der Waals surface area contributed by atoms with Gasteiger partial charge in [-0.1, -0.05) is 0 Å². The van der Waals surface area contributed by atoms with E-state index in [1.54, 1.807) is 12.0 Å². The molecule has 1 fully saturated rings. The van der Waals surface area contributed by atoms with Crippen LogP contribution in [0.5, 0.6) is 0 Å². The summed E-state index contributed by atoms with van der Waals surface area (Å²) in [6, 6.07) is 2.67. The lowest BCUT2D eigenvalue weighted by Crippen LogP contribution is -2.29. The van der Waals surface area contributed by atoms with E-state index in [-0.39, 0.29) is 5.91 Å². The molecule has 1 unspecified atom stereocenters. The molecule has 1 amide bonds. The summed E-state index contributed by atoms with van der Waals surface area (Å²) in [5.74, 6) is -0.256. The summed E-state index contributed by atoms with van der Waals surface area (Å²) in [6.45, 7) is 2.10. The molecule has 5 heteroatoms. The van der Waals surface area contributed by atoms with Gasteiger partial charge in [-0.3, -0.25) is 4.79 Å². The van der Waals surface area contributed by atoms with Gasteiger partial charge in [0.2, 0.25) is 5.95 Å². The number of aromatic nitrogens is 1. The number of hydrogen-bond donors (Lipinski definition) is 0. The van der Waals surface area contributed by atoms with Crippen LogP contribution in [0.2, 0.25) is 0 Å². The van der Waals surface area contributed by atoms with Gasteiger partial charge in [-0.2, -0.15) is 4.39 Å². The molecule has 1 saturated heterocycles. The number of rotatable bonds is 3. The number of likely N-dealkylation sites (tertiary alicyclic amines) is 1. The van der Waals surface area contributed by atoms with Gasteiger partial charge >= 0.3 is 0 Å². The van der Waals surface area contributed by atoms with Crippen molar-refractivity contribution in [1.82, 2.24) is 9.88 Å². The number of ether oxygens (including phenoxy) is 1. The minimum Gasteiger partial charge on any atom is -0.384 e. The quantitative estimate of drug-likeness (QED) is 0.746. The van der Waals surface area contributed by atoms with E-state index < -0.39 is 5.95 Å². The van der Waals surface area contributed by atoms with Gasteiger partial charge < -0.3 is 9.64 Å². The Balaban J connectivity index is 1.99. The van der Waals surface area contributed by atoms with Crippen LogP contribution in [0, 0.1) is 11.9 Å². The number of halogens is 1. The molecule has 1 aromatic heterocycles.